The minimum absolute atomic E-state index is 0.928. The fraction of sp³-hybridized carbons (Fsp3) is 0. The average molecular weight is 1340 g/mol. The molecular formula is C96H61N3OS2. The van der Waals surface area contributed by atoms with Gasteiger partial charge in [0.15, 0.2) is 0 Å². The molecule has 0 atom stereocenters. The van der Waals surface area contributed by atoms with E-state index in [0.29, 0.717) is 0 Å². The Bertz CT molecular complexity index is 6740. The Hall–Kier alpha value is -12.8. The summed E-state index contributed by atoms with van der Waals surface area (Å²) in [7, 11) is 0. The first kappa shape index (κ1) is 59.2. The number of hydrogen-bond acceptors (Lipinski definition) is 3. The van der Waals surface area contributed by atoms with Crippen LogP contribution in [0.3, 0.4) is 0 Å². The zero-order chi connectivity index (χ0) is 67.2. The summed E-state index contributed by atoms with van der Waals surface area (Å²) in [6.45, 7) is 0. The van der Waals surface area contributed by atoms with Gasteiger partial charge in [-0.05, 0) is 190 Å². The number of thiophene rings is 2. The molecule has 478 valence electrons. The normalized spacial score (nSPS) is 11.7. The number of para-hydroxylation sites is 6. The Morgan fingerprint density at radius 1 is 0.167 bits per heavy atom. The molecule has 0 aliphatic carbocycles. The summed E-state index contributed by atoms with van der Waals surface area (Å²) in [5.41, 5.74) is 22.7. The lowest BCUT2D eigenvalue weighted by atomic mass is 10.0. The van der Waals surface area contributed by atoms with Crippen LogP contribution in [0.5, 0.6) is 0 Å². The van der Waals surface area contributed by atoms with Crippen LogP contribution in [0, 0.1) is 0 Å². The number of rotatable bonds is 7. The van der Waals surface area contributed by atoms with Gasteiger partial charge in [-0.3, -0.25) is 0 Å². The van der Waals surface area contributed by atoms with Crippen LogP contribution < -0.4 is 0 Å². The van der Waals surface area contributed by atoms with E-state index in [1.54, 1.807) is 0 Å². The molecule has 0 radical (unpaired) electrons. The second-order valence-electron chi connectivity index (χ2n) is 26.3. The maximum Gasteiger partial charge on any atom is 0.135 e. The summed E-state index contributed by atoms with van der Waals surface area (Å²) in [6, 6.07) is 133. The van der Waals surface area contributed by atoms with Gasteiger partial charge >= 0.3 is 0 Å². The highest BCUT2D eigenvalue weighted by atomic mass is 32.1. The summed E-state index contributed by atoms with van der Waals surface area (Å²) in [5, 5.41) is 15.3. The number of benzene rings is 16. The topological polar surface area (TPSA) is 27.9 Å². The van der Waals surface area contributed by atoms with Crippen molar-refractivity contribution in [2.75, 3.05) is 0 Å². The molecule has 16 aromatic carbocycles. The molecule has 0 spiro atoms. The van der Waals surface area contributed by atoms with Crippen molar-refractivity contribution >= 4 is 150 Å². The third-order valence-corrected chi connectivity index (χ3v) is 22.7. The smallest absolute Gasteiger partial charge is 0.135 e. The Kier molecular flexibility index (Phi) is 14.3. The highest BCUT2D eigenvalue weighted by Crippen LogP contribution is 2.43. The molecule has 0 saturated heterocycles. The van der Waals surface area contributed by atoms with E-state index in [2.05, 4.69) is 372 Å². The lowest BCUT2D eigenvalue weighted by Gasteiger charge is -2.11. The van der Waals surface area contributed by atoms with Crippen molar-refractivity contribution in [3.05, 3.63) is 370 Å². The van der Waals surface area contributed by atoms with Crippen LogP contribution in [0.2, 0.25) is 0 Å². The van der Waals surface area contributed by atoms with Gasteiger partial charge in [0, 0.05) is 100 Å². The predicted octanol–water partition coefficient (Wildman–Crippen LogP) is 27.7. The van der Waals surface area contributed by atoms with Crippen molar-refractivity contribution in [1.29, 1.82) is 0 Å². The second-order valence-corrected chi connectivity index (χ2v) is 28.4. The van der Waals surface area contributed by atoms with Crippen molar-refractivity contribution < 1.29 is 4.42 Å². The van der Waals surface area contributed by atoms with Gasteiger partial charge in [-0.2, -0.15) is 0 Å². The van der Waals surface area contributed by atoms with Gasteiger partial charge in [0.1, 0.15) is 11.2 Å². The number of aromatic nitrogens is 3. The third kappa shape index (κ3) is 10.1. The molecule has 102 heavy (non-hydrogen) atoms. The minimum atomic E-state index is 0.928. The van der Waals surface area contributed by atoms with Gasteiger partial charge in [0.2, 0.25) is 0 Å². The molecule has 22 rings (SSSR count). The van der Waals surface area contributed by atoms with Crippen LogP contribution in [0.25, 0.3) is 189 Å². The number of fused-ring (bicyclic) bond motifs is 18. The molecule has 0 saturated carbocycles. The van der Waals surface area contributed by atoms with Crippen molar-refractivity contribution in [2.45, 2.75) is 0 Å². The predicted molar refractivity (Wildman–Crippen MR) is 437 cm³/mol. The van der Waals surface area contributed by atoms with Crippen LogP contribution in [0.1, 0.15) is 0 Å². The standard InChI is InChI=1S/C36H23NS.C30H19NO.C30H19NS/c1-2-9-24(10-3-1)25-11-8-12-28(21-25)37-33-15-6-4-13-29(33)31-22-26(17-19-34(31)37)27-18-20-36-32(23-27)30-14-5-7-16-35(30)38-36;2*1-2-8-22(9-3-1)31-27-12-6-4-10-23(27)25-18-20(14-16-28(25)31)21-15-17-30-26(19-21)24-11-5-7-13-29(24)32-30/h1-23H;2*1-19H. The van der Waals surface area contributed by atoms with Crippen LogP contribution in [0.4, 0.5) is 0 Å². The summed E-state index contributed by atoms with van der Waals surface area (Å²) < 4.78 is 18.5. The minimum Gasteiger partial charge on any atom is -0.456 e. The van der Waals surface area contributed by atoms with E-state index in [1.807, 2.05) is 34.8 Å². The van der Waals surface area contributed by atoms with E-state index in [0.717, 1.165) is 21.9 Å². The van der Waals surface area contributed by atoms with Crippen LogP contribution in [-0.4, -0.2) is 13.7 Å². The Labute approximate surface area is 595 Å². The lowest BCUT2D eigenvalue weighted by Crippen LogP contribution is -1.94. The maximum atomic E-state index is 6.02. The molecule has 0 aliphatic rings. The molecular weight excluding hydrogens is 1280 g/mol. The molecule has 0 amide bonds. The fourth-order valence-corrected chi connectivity index (χ4v) is 17.8. The van der Waals surface area contributed by atoms with Gasteiger partial charge in [-0.25, -0.2) is 0 Å². The highest BCUT2D eigenvalue weighted by Gasteiger charge is 2.19. The van der Waals surface area contributed by atoms with Crippen molar-refractivity contribution in [3.8, 4) is 61.6 Å². The van der Waals surface area contributed by atoms with Crippen LogP contribution in [0.15, 0.2) is 374 Å². The lowest BCUT2D eigenvalue weighted by molar-refractivity contribution is 0.669. The van der Waals surface area contributed by atoms with Crippen molar-refractivity contribution in [1.82, 2.24) is 13.7 Å². The molecule has 4 nitrogen and oxygen atoms in total. The van der Waals surface area contributed by atoms with Gasteiger partial charge in [-0.15, -0.1) is 22.7 Å². The van der Waals surface area contributed by atoms with Gasteiger partial charge in [0.25, 0.3) is 0 Å². The molecule has 0 unspecified atom stereocenters. The van der Waals surface area contributed by atoms with Gasteiger partial charge < -0.3 is 18.1 Å². The quantitative estimate of drug-likeness (QED) is 0.156. The first-order valence-corrected chi connectivity index (χ1v) is 36.3. The van der Waals surface area contributed by atoms with Gasteiger partial charge in [0.05, 0.1) is 33.1 Å². The van der Waals surface area contributed by atoms with E-state index in [1.165, 1.54) is 167 Å². The monoisotopic (exact) mass is 1340 g/mol. The molecule has 0 N–H and O–H groups in total. The number of nitrogens with zero attached hydrogens (tertiary/aromatic N) is 3. The second kappa shape index (κ2) is 24.6. The fourth-order valence-electron chi connectivity index (χ4n) is 15.6. The Morgan fingerprint density at radius 3 is 0.951 bits per heavy atom. The van der Waals surface area contributed by atoms with Crippen molar-refractivity contribution in [2.24, 2.45) is 0 Å². The summed E-state index contributed by atoms with van der Waals surface area (Å²) in [6.07, 6.45) is 0. The molecule has 0 aliphatic heterocycles. The van der Waals surface area contributed by atoms with Gasteiger partial charge in [-0.1, -0.05) is 224 Å². The summed E-state index contributed by atoms with van der Waals surface area (Å²) in [5.74, 6) is 0. The average Bonchev–Trinajstić information content (AvgIpc) is 1.60. The van der Waals surface area contributed by atoms with E-state index in [4.69, 9.17) is 4.42 Å². The number of furan rings is 1. The zero-order valence-corrected chi connectivity index (χ0v) is 56.9. The zero-order valence-electron chi connectivity index (χ0n) is 55.3. The molecule has 6 heterocycles. The van der Waals surface area contributed by atoms with Crippen LogP contribution in [-0.2, 0) is 0 Å². The molecule has 0 bridgehead atoms. The summed E-state index contributed by atoms with van der Waals surface area (Å²) >= 11 is 3.73. The molecule has 0 fully saturated rings. The van der Waals surface area contributed by atoms with E-state index in [-0.39, 0.29) is 0 Å². The largest absolute Gasteiger partial charge is 0.456 e. The van der Waals surface area contributed by atoms with E-state index >= 15 is 0 Å². The molecule has 22 aromatic rings. The molecule has 6 heteroatoms. The molecule has 6 aromatic heterocycles. The Balaban J connectivity index is 0.000000103. The Morgan fingerprint density at radius 2 is 0.471 bits per heavy atom. The summed E-state index contributed by atoms with van der Waals surface area (Å²) in [4.78, 5) is 0. The van der Waals surface area contributed by atoms with Crippen molar-refractivity contribution in [3.63, 3.8) is 0 Å². The van der Waals surface area contributed by atoms with Crippen LogP contribution >= 0.6 is 22.7 Å². The first-order valence-electron chi connectivity index (χ1n) is 34.7. The maximum absolute atomic E-state index is 6.02. The SMILES string of the molecule is c1ccc(-c2cccc(-n3c4ccccc4c4cc(-c5ccc6sc7ccccc7c6c5)ccc43)c2)cc1.c1ccc(-n2c3ccccc3c3cc(-c4ccc5oc6ccccc6c5c4)ccc32)cc1.c1ccc(-n2c3ccccc3c3cc(-c4ccc5sc6ccccc6c5c4)ccc32)cc1. The van der Waals surface area contributed by atoms with E-state index in [9.17, 15) is 0 Å². The first-order chi connectivity index (χ1) is 50.6. The third-order valence-electron chi connectivity index (χ3n) is 20.4. The highest BCUT2D eigenvalue weighted by molar-refractivity contribution is 7.26. The van der Waals surface area contributed by atoms with E-state index < -0.39 is 0 Å². The number of hydrogen-bond donors (Lipinski definition) is 0.